The molecule has 2 heteroatoms. The number of benzene rings is 1. The fourth-order valence-electron chi connectivity index (χ4n) is 2.25. The van der Waals surface area contributed by atoms with Crippen molar-refractivity contribution < 1.29 is 4.74 Å². The van der Waals surface area contributed by atoms with Crippen LogP contribution in [0.1, 0.15) is 24.8 Å². The highest BCUT2D eigenvalue weighted by molar-refractivity contribution is 5.40. The highest BCUT2D eigenvalue weighted by Crippen LogP contribution is 2.35. The maximum Gasteiger partial charge on any atom is 0.122 e. The lowest BCUT2D eigenvalue weighted by Gasteiger charge is -2.30. The van der Waals surface area contributed by atoms with Crippen LogP contribution >= 0.6 is 0 Å². The third-order valence-electron chi connectivity index (χ3n) is 3.01. The van der Waals surface area contributed by atoms with Gasteiger partial charge < -0.3 is 10.1 Å². The van der Waals surface area contributed by atoms with Crippen molar-refractivity contribution in [2.75, 3.05) is 13.2 Å². The summed E-state index contributed by atoms with van der Waals surface area (Å²) >= 11 is 0. The molecule has 1 aliphatic rings. The van der Waals surface area contributed by atoms with Gasteiger partial charge in [-0.2, -0.15) is 0 Å². The molecule has 2 nitrogen and oxygen atoms in total. The third kappa shape index (κ3) is 2.05. The van der Waals surface area contributed by atoms with Crippen LogP contribution in [0.2, 0.25) is 0 Å². The van der Waals surface area contributed by atoms with Crippen molar-refractivity contribution >= 4 is 0 Å². The van der Waals surface area contributed by atoms with Gasteiger partial charge in [0.1, 0.15) is 5.75 Å². The highest BCUT2D eigenvalue weighted by atomic mass is 16.5. The van der Waals surface area contributed by atoms with Crippen molar-refractivity contribution in [2.24, 2.45) is 0 Å². The van der Waals surface area contributed by atoms with Crippen molar-refractivity contribution in [3.8, 4) is 18.1 Å². The average molecular weight is 215 g/mol. The minimum absolute atomic E-state index is 0.107. The molecule has 0 fully saturated rings. The fourth-order valence-corrected chi connectivity index (χ4v) is 2.25. The average Bonchev–Trinajstić information content (AvgIpc) is 2.35. The van der Waals surface area contributed by atoms with Gasteiger partial charge in [0.15, 0.2) is 0 Å². The van der Waals surface area contributed by atoms with E-state index in [0.29, 0.717) is 5.92 Å². The van der Waals surface area contributed by atoms with E-state index in [1.54, 1.807) is 0 Å². The highest BCUT2D eigenvalue weighted by Gasteiger charge is 2.26. The Hall–Kier alpha value is -1.46. The lowest BCUT2D eigenvalue weighted by atomic mass is 9.87. The zero-order valence-corrected chi connectivity index (χ0v) is 9.57. The number of hydrogen-bond donors (Lipinski definition) is 1. The quantitative estimate of drug-likeness (QED) is 0.780. The molecule has 0 bridgehead atoms. The summed E-state index contributed by atoms with van der Waals surface area (Å²) in [7, 11) is 0. The van der Waals surface area contributed by atoms with Crippen LogP contribution in [-0.4, -0.2) is 19.2 Å². The third-order valence-corrected chi connectivity index (χ3v) is 3.01. The fraction of sp³-hybridized carbons (Fsp3) is 0.429. The Morgan fingerprint density at radius 2 is 2.38 bits per heavy atom. The molecule has 0 aliphatic carbocycles. The minimum atomic E-state index is 0.107. The van der Waals surface area contributed by atoms with Crippen LogP contribution in [0.3, 0.4) is 0 Å². The summed E-state index contributed by atoms with van der Waals surface area (Å²) in [5.41, 5.74) is 1.23. The van der Waals surface area contributed by atoms with E-state index >= 15 is 0 Å². The van der Waals surface area contributed by atoms with Crippen LogP contribution in [-0.2, 0) is 0 Å². The van der Waals surface area contributed by atoms with Gasteiger partial charge in [-0.1, -0.05) is 31.0 Å². The molecule has 1 aromatic rings. The van der Waals surface area contributed by atoms with Crippen LogP contribution in [0, 0.1) is 12.3 Å². The standard InChI is InChI=1S/C14H17NO/c1-3-13(15-4-2)11-9-10-16-14-8-6-5-7-12(11)14/h1,5-8,11,13,15H,4,9-10H2,2H3. The largest absolute Gasteiger partial charge is 0.493 e. The van der Waals surface area contributed by atoms with Crippen LogP contribution in [0.5, 0.6) is 5.75 Å². The number of ether oxygens (including phenoxy) is 1. The number of terminal acetylenes is 1. The van der Waals surface area contributed by atoms with Crippen molar-refractivity contribution in [1.29, 1.82) is 0 Å². The number of nitrogens with one attached hydrogen (secondary N) is 1. The number of rotatable bonds is 3. The Labute approximate surface area is 97.0 Å². The molecule has 2 rings (SSSR count). The maximum absolute atomic E-state index is 5.63. The van der Waals surface area contributed by atoms with Gasteiger partial charge in [-0.3, -0.25) is 0 Å². The first kappa shape index (κ1) is 11.0. The molecule has 1 aromatic carbocycles. The monoisotopic (exact) mass is 215 g/mol. The van der Waals surface area contributed by atoms with E-state index in [2.05, 4.69) is 24.2 Å². The zero-order chi connectivity index (χ0) is 11.4. The van der Waals surface area contributed by atoms with Gasteiger partial charge >= 0.3 is 0 Å². The Morgan fingerprint density at radius 1 is 1.56 bits per heavy atom. The first-order valence-electron chi connectivity index (χ1n) is 5.78. The number of para-hydroxylation sites is 1. The molecule has 84 valence electrons. The van der Waals surface area contributed by atoms with Gasteiger partial charge in [0.2, 0.25) is 0 Å². The summed E-state index contributed by atoms with van der Waals surface area (Å²) in [5, 5.41) is 3.35. The van der Waals surface area contributed by atoms with Gasteiger partial charge in [0.05, 0.1) is 12.6 Å². The topological polar surface area (TPSA) is 21.3 Å². The molecule has 2 unspecified atom stereocenters. The Balaban J connectivity index is 2.27. The summed E-state index contributed by atoms with van der Waals surface area (Å²) in [6.07, 6.45) is 6.58. The van der Waals surface area contributed by atoms with Gasteiger partial charge in [0, 0.05) is 5.92 Å². The first-order chi connectivity index (χ1) is 7.86. The second-order valence-electron chi connectivity index (χ2n) is 3.98. The summed E-state index contributed by atoms with van der Waals surface area (Å²) in [4.78, 5) is 0. The van der Waals surface area contributed by atoms with E-state index in [9.17, 15) is 0 Å². The van der Waals surface area contributed by atoms with E-state index < -0.39 is 0 Å². The van der Waals surface area contributed by atoms with Gasteiger partial charge in [0.25, 0.3) is 0 Å². The second-order valence-corrected chi connectivity index (χ2v) is 3.98. The SMILES string of the molecule is C#CC(NCC)C1CCOc2ccccc21. The molecule has 16 heavy (non-hydrogen) atoms. The normalized spacial score (nSPS) is 20.4. The molecule has 1 heterocycles. The molecule has 0 spiro atoms. The second kappa shape index (κ2) is 5.05. The molecule has 1 aliphatic heterocycles. The summed E-state index contributed by atoms with van der Waals surface area (Å²) < 4.78 is 5.63. The van der Waals surface area contributed by atoms with Crippen LogP contribution in [0.4, 0.5) is 0 Å². The van der Waals surface area contributed by atoms with Gasteiger partial charge in [-0.25, -0.2) is 0 Å². The lowest BCUT2D eigenvalue weighted by molar-refractivity contribution is 0.256. The summed E-state index contributed by atoms with van der Waals surface area (Å²) in [6.45, 7) is 3.73. The number of hydrogen-bond acceptors (Lipinski definition) is 2. The minimum Gasteiger partial charge on any atom is -0.493 e. The van der Waals surface area contributed by atoms with Crippen LogP contribution in [0.15, 0.2) is 24.3 Å². The molecule has 2 atom stereocenters. The summed E-state index contributed by atoms with van der Waals surface area (Å²) in [6, 6.07) is 8.27. The van der Waals surface area contributed by atoms with Gasteiger partial charge in [-0.15, -0.1) is 6.42 Å². The Bertz CT molecular complexity index is 394. The number of fused-ring (bicyclic) bond motifs is 1. The number of likely N-dealkylation sites (N-methyl/N-ethyl adjacent to an activating group) is 1. The van der Waals surface area contributed by atoms with E-state index in [1.807, 2.05) is 18.2 Å². The van der Waals surface area contributed by atoms with Gasteiger partial charge in [-0.05, 0) is 24.6 Å². The molecular weight excluding hydrogens is 198 g/mol. The van der Waals surface area contributed by atoms with E-state index in [-0.39, 0.29) is 6.04 Å². The van der Waals surface area contributed by atoms with Crippen LogP contribution in [0.25, 0.3) is 0 Å². The van der Waals surface area contributed by atoms with Crippen molar-refractivity contribution in [3.63, 3.8) is 0 Å². The summed E-state index contributed by atoms with van der Waals surface area (Å²) in [5.74, 6) is 4.20. The zero-order valence-electron chi connectivity index (χ0n) is 9.57. The molecule has 0 radical (unpaired) electrons. The maximum atomic E-state index is 5.63. The van der Waals surface area contributed by atoms with E-state index in [1.165, 1.54) is 5.56 Å². The van der Waals surface area contributed by atoms with Crippen molar-refractivity contribution in [1.82, 2.24) is 5.32 Å². The molecular formula is C14H17NO. The lowest BCUT2D eigenvalue weighted by Crippen LogP contribution is -2.35. The molecule has 0 aromatic heterocycles. The van der Waals surface area contributed by atoms with Crippen LogP contribution < -0.4 is 10.1 Å². The van der Waals surface area contributed by atoms with Crippen molar-refractivity contribution in [3.05, 3.63) is 29.8 Å². The van der Waals surface area contributed by atoms with Crippen molar-refractivity contribution in [2.45, 2.75) is 25.3 Å². The molecule has 0 saturated heterocycles. The molecule has 0 amide bonds. The molecule has 0 saturated carbocycles. The Morgan fingerprint density at radius 3 is 3.12 bits per heavy atom. The first-order valence-corrected chi connectivity index (χ1v) is 5.78. The molecule has 1 N–H and O–H groups in total. The Kier molecular flexibility index (Phi) is 3.48. The van der Waals surface area contributed by atoms with E-state index in [0.717, 1.165) is 25.3 Å². The predicted molar refractivity (Wildman–Crippen MR) is 65.6 cm³/mol. The predicted octanol–water partition coefficient (Wildman–Crippen LogP) is 2.16. The van der Waals surface area contributed by atoms with E-state index in [4.69, 9.17) is 11.2 Å². The smallest absolute Gasteiger partial charge is 0.122 e.